The van der Waals surface area contributed by atoms with E-state index in [1.54, 1.807) is 19.5 Å². The van der Waals surface area contributed by atoms with Gasteiger partial charge < -0.3 is 19.4 Å². The maximum Gasteiger partial charge on any atom is 0.257 e. The largest absolute Gasteiger partial charge is 0.495 e. The van der Waals surface area contributed by atoms with Crippen molar-refractivity contribution in [3.05, 3.63) is 42.2 Å². The fraction of sp³-hybridized carbons (Fsp3) is 0.500. The van der Waals surface area contributed by atoms with Crippen LogP contribution in [0.15, 0.2) is 36.7 Å². The van der Waals surface area contributed by atoms with Gasteiger partial charge in [0.2, 0.25) is 5.95 Å². The Morgan fingerprint density at radius 1 is 1.03 bits per heavy atom. The molecule has 0 bridgehead atoms. The molecule has 4 rings (SSSR count). The number of aromatic nitrogens is 2. The van der Waals surface area contributed by atoms with Crippen molar-refractivity contribution in [3.8, 4) is 5.75 Å². The summed E-state index contributed by atoms with van der Waals surface area (Å²) in [6, 6.07) is 8.01. The average molecular weight is 396 g/mol. The van der Waals surface area contributed by atoms with E-state index in [0.29, 0.717) is 24.6 Å². The summed E-state index contributed by atoms with van der Waals surface area (Å²) in [7, 11) is 1.69. The zero-order valence-electron chi connectivity index (χ0n) is 17.3. The number of piperidine rings is 1. The number of benzene rings is 1. The monoisotopic (exact) mass is 395 g/mol. The zero-order chi connectivity index (χ0) is 20.2. The zero-order valence-corrected chi connectivity index (χ0v) is 17.3. The second-order valence-corrected chi connectivity index (χ2v) is 7.92. The maximum atomic E-state index is 12.9. The van der Waals surface area contributed by atoms with E-state index in [2.05, 4.69) is 32.8 Å². The Hall–Kier alpha value is -2.83. The topological polar surface area (TPSA) is 61.8 Å². The Morgan fingerprint density at radius 3 is 2.45 bits per heavy atom. The van der Waals surface area contributed by atoms with Crippen molar-refractivity contribution < 1.29 is 9.53 Å². The van der Waals surface area contributed by atoms with Gasteiger partial charge in [-0.2, -0.15) is 0 Å². The molecule has 2 aliphatic rings. The number of nitrogens with zero attached hydrogens (tertiary/aromatic N) is 5. The lowest BCUT2D eigenvalue weighted by Crippen LogP contribution is -2.49. The Labute approximate surface area is 172 Å². The standard InChI is InChI=1S/C22H29N5O2/c1-17-6-5-9-27(16-17)22-23-14-18(15-24-22)21(28)26-12-10-25(11-13-26)19-7-3-4-8-20(19)29-2/h3-4,7-8,14-15,17H,5-6,9-13,16H2,1-2H3. The Balaban J connectivity index is 1.37. The van der Waals surface area contributed by atoms with Crippen molar-refractivity contribution >= 4 is 17.5 Å². The molecule has 7 heteroatoms. The lowest BCUT2D eigenvalue weighted by Gasteiger charge is -2.36. The molecule has 0 spiro atoms. The van der Waals surface area contributed by atoms with E-state index >= 15 is 0 Å². The molecular formula is C22H29N5O2. The highest BCUT2D eigenvalue weighted by Gasteiger charge is 2.25. The SMILES string of the molecule is COc1ccccc1N1CCN(C(=O)c2cnc(N3CCCC(C)C3)nc2)CC1. The molecule has 1 aromatic heterocycles. The molecule has 154 valence electrons. The molecule has 2 aromatic rings. The third kappa shape index (κ3) is 4.28. The van der Waals surface area contributed by atoms with E-state index in [9.17, 15) is 4.79 Å². The minimum atomic E-state index is 0.00300. The van der Waals surface area contributed by atoms with Crippen LogP contribution in [-0.2, 0) is 0 Å². The minimum Gasteiger partial charge on any atom is -0.495 e. The molecule has 1 amide bonds. The van der Waals surface area contributed by atoms with Crippen LogP contribution < -0.4 is 14.5 Å². The predicted molar refractivity (Wildman–Crippen MR) is 114 cm³/mol. The van der Waals surface area contributed by atoms with Crippen LogP contribution in [0.25, 0.3) is 0 Å². The van der Waals surface area contributed by atoms with E-state index in [1.165, 1.54) is 12.8 Å². The van der Waals surface area contributed by atoms with Gasteiger partial charge in [-0.05, 0) is 30.9 Å². The van der Waals surface area contributed by atoms with E-state index in [4.69, 9.17) is 4.74 Å². The van der Waals surface area contributed by atoms with E-state index < -0.39 is 0 Å². The number of amides is 1. The summed E-state index contributed by atoms with van der Waals surface area (Å²) in [5.74, 6) is 2.26. The first kappa shape index (κ1) is 19.5. The quantitative estimate of drug-likeness (QED) is 0.793. The van der Waals surface area contributed by atoms with Gasteiger partial charge in [-0.3, -0.25) is 4.79 Å². The summed E-state index contributed by atoms with van der Waals surface area (Å²) in [6.45, 7) is 7.12. The summed E-state index contributed by atoms with van der Waals surface area (Å²) in [5, 5.41) is 0. The first-order chi connectivity index (χ1) is 14.2. The lowest BCUT2D eigenvalue weighted by atomic mass is 10.0. The van der Waals surface area contributed by atoms with Crippen molar-refractivity contribution in [3.63, 3.8) is 0 Å². The number of hydrogen-bond acceptors (Lipinski definition) is 6. The Morgan fingerprint density at radius 2 is 1.76 bits per heavy atom. The van der Waals surface area contributed by atoms with Crippen molar-refractivity contribution in [2.24, 2.45) is 5.92 Å². The third-order valence-corrected chi connectivity index (χ3v) is 5.82. The molecule has 1 atom stereocenters. The van der Waals surface area contributed by atoms with Gasteiger partial charge in [-0.1, -0.05) is 19.1 Å². The number of para-hydroxylation sites is 2. The molecule has 3 heterocycles. The first-order valence-electron chi connectivity index (χ1n) is 10.4. The van der Waals surface area contributed by atoms with Gasteiger partial charge in [0.05, 0.1) is 18.4 Å². The van der Waals surface area contributed by atoms with Crippen molar-refractivity contribution in [2.45, 2.75) is 19.8 Å². The van der Waals surface area contributed by atoms with Crippen LogP contribution in [0.3, 0.4) is 0 Å². The average Bonchev–Trinajstić information content (AvgIpc) is 2.79. The number of carbonyl (C=O) groups is 1. The van der Waals surface area contributed by atoms with Crippen LogP contribution in [0, 0.1) is 5.92 Å². The molecule has 2 saturated heterocycles. The van der Waals surface area contributed by atoms with Crippen LogP contribution >= 0.6 is 0 Å². The van der Waals surface area contributed by atoms with Crippen LogP contribution in [-0.4, -0.2) is 67.2 Å². The number of ether oxygens (including phenoxy) is 1. The molecule has 0 radical (unpaired) electrons. The predicted octanol–water partition coefficient (Wildman–Crippen LogP) is 2.68. The number of carbonyl (C=O) groups excluding carboxylic acids is 1. The number of piperazine rings is 1. The van der Waals surface area contributed by atoms with Crippen LogP contribution in [0.1, 0.15) is 30.1 Å². The van der Waals surface area contributed by atoms with Gasteiger partial charge in [0.1, 0.15) is 5.75 Å². The number of rotatable bonds is 4. The smallest absolute Gasteiger partial charge is 0.257 e. The van der Waals surface area contributed by atoms with Gasteiger partial charge in [0.15, 0.2) is 0 Å². The summed E-state index contributed by atoms with van der Waals surface area (Å²) in [5.41, 5.74) is 1.63. The molecule has 29 heavy (non-hydrogen) atoms. The Kier molecular flexibility index (Phi) is 5.83. The van der Waals surface area contributed by atoms with Crippen LogP contribution in [0.2, 0.25) is 0 Å². The summed E-state index contributed by atoms with van der Waals surface area (Å²) in [4.78, 5) is 28.2. The molecule has 0 aliphatic carbocycles. The Bertz CT molecular complexity index is 833. The fourth-order valence-corrected chi connectivity index (χ4v) is 4.19. The highest BCUT2D eigenvalue weighted by molar-refractivity contribution is 5.93. The van der Waals surface area contributed by atoms with Gasteiger partial charge in [0, 0.05) is 51.7 Å². The van der Waals surface area contributed by atoms with Crippen molar-refractivity contribution in [1.29, 1.82) is 0 Å². The molecular weight excluding hydrogens is 366 g/mol. The first-order valence-corrected chi connectivity index (χ1v) is 10.4. The van der Waals surface area contributed by atoms with Crippen molar-refractivity contribution in [1.82, 2.24) is 14.9 Å². The number of methoxy groups -OCH3 is 1. The second-order valence-electron chi connectivity index (χ2n) is 7.92. The third-order valence-electron chi connectivity index (χ3n) is 5.82. The summed E-state index contributed by atoms with van der Waals surface area (Å²) >= 11 is 0. The van der Waals surface area contributed by atoms with E-state index in [1.807, 2.05) is 23.1 Å². The van der Waals surface area contributed by atoms with Gasteiger partial charge in [-0.15, -0.1) is 0 Å². The number of hydrogen-bond donors (Lipinski definition) is 0. The lowest BCUT2D eigenvalue weighted by molar-refractivity contribution is 0.0746. The van der Waals surface area contributed by atoms with Crippen LogP contribution in [0.4, 0.5) is 11.6 Å². The highest BCUT2D eigenvalue weighted by atomic mass is 16.5. The summed E-state index contributed by atoms with van der Waals surface area (Å²) < 4.78 is 5.47. The highest BCUT2D eigenvalue weighted by Crippen LogP contribution is 2.28. The second kappa shape index (κ2) is 8.68. The maximum absolute atomic E-state index is 12.9. The normalized spacial score (nSPS) is 19.9. The molecule has 1 unspecified atom stereocenters. The molecule has 7 nitrogen and oxygen atoms in total. The molecule has 0 N–H and O–H groups in total. The molecule has 2 fully saturated rings. The van der Waals surface area contributed by atoms with Gasteiger partial charge in [0.25, 0.3) is 5.91 Å². The van der Waals surface area contributed by atoms with Gasteiger partial charge in [-0.25, -0.2) is 9.97 Å². The number of anilines is 2. The van der Waals surface area contributed by atoms with E-state index in [0.717, 1.165) is 43.6 Å². The summed E-state index contributed by atoms with van der Waals surface area (Å²) in [6.07, 6.45) is 5.78. The minimum absolute atomic E-state index is 0.00300. The fourth-order valence-electron chi connectivity index (χ4n) is 4.19. The molecule has 1 aromatic carbocycles. The molecule has 2 aliphatic heterocycles. The van der Waals surface area contributed by atoms with Crippen molar-refractivity contribution in [2.75, 3.05) is 56.2 Å². The molecule has 0 saturated carbocycles. The van der Waals surface area contributed by atoms with E-state index in [-0.39, 0.29) is 5.91 Å². The van der Waals surface area contributed by atoms with Gasteiger partial charge >= 0.3 is 0 Å². The van der Waals surface area contributed by atoms with Crippen LogP contribution in [0.5, 0.6) is 5.75 Å².